The van der Waals surface area contributed by atoms with Gasteiger partial charge in [-0.15, -0.1) is 0 Å². The number of benzene rings is 2. The fraction of sp³-hybridized carbons (Fsp3) is 0.316. The van der Waals surface area contributed by atoms with Crippen molar-refractivity contribution in [3.63, 3.8) is 0 Å². The molecule has 0 bridgehead atoms. The molecule has 0 atom stereocenters. The van der Waals surface area contributed by atoms with Gasteiger partial charge in [0, 0.05) is 18.6 Å². The van der Waals surface area contributed by atoms with Crippen molar-refractivity contribution in [1.82, 2.24) is 5.01 Å². The average Bonchev–Trinajstić information content (AvgIpc) is 2.58. The van der Waals surface area contributed by atoms with E-state index in [9.17, 15) is 4.79 Å². The molecule has 25 heavy (non-hydrogen) atoms. The Bertz CT molecular complexity index is 718. The van der Waals surface area contributed by atoms with Crippen LogP contribution in [0.15, 0.2) is 34.8 Å². The maximum Gasteiger partial charge on any atom is 0.223 e. The first-order chi connectivity index (χ1) is 11.8. The lowest BCUT2D eigenvalue weighted by Gasteiger charge is -2.15. The quantitative estimate of drug-likeness (QED) is 0.340. The summed E-state index contributed by atoms with van der Waals surface area (Å²) in [7, 11) is 3.38. The van der Waals surface area contributed by atoms with Gasteiger partial charge in [-0.05, 0) is 55.2 Å². The molecule has 2 rings (SSSR count). The van der Waals surface area contributed by atoms with E-state index in [2.05, 4.69) is 60.2 Å². The Morgan fingerprint density at radius 2 is 1.84 bits per heavy atom. The molecule has 0 aliphatic rings. The highest BCUT2D eigenvalue weighted by Gasteiger charge is 2.08. The van der Waals surface area contributed by atoms with Crippen molar-refractivity contribution >= 4 is 28.0 Å². The summed E-state index contributed by atoms with van der Waals surface area (Å²) in [4.78, 5) is 9.31. The Labute approximate surface area is 158 Å². The number of hydrogen-bond donors (Lipinski definition) is 2. The normalized spacial score (nSPS) is 9.72. The zero-order valence-corrected chi connectivity index (χ0v) is 17.0. The first-order valence-corrected chi connectivity index (χ1v) is 8.68. The molecule has 5 nitrogen and oxygen atoms in total. The van der Waals surface area contributed by atoms with E-state index >= 15 is 0 Å². The second-order valence-corrected chi connectivity index (χ2v) is 6.64. The second kappa shape index (κ2) is 10.1. The summed E-state index contributed by atoms with van der Waals surface area (Å²) in [5, 5.41) is 4.12. The minimum absolute atomic E-state index is 0.528. The highest BCUT2D eigenvalue weighted by molar-refractivity contribution is 9.10. The molecular formula is C19H26BrN3O2. The lowest BCUT2D eigenvalue weighted by molar-refractivity contribution is -0.117. The van der Waals surface area contributed by atoms with Gasteiger partial charge in [-0.2, -0.15) is 0 Å². The van der Waals surface area contributed by atoms with Gasteiger partial charge in [0.25, 0.3) is 0 Å². The number of hydrogen-bond acceptors (Lipinski definition) is 4. The van der Waals surface area contributed by atoms with Gasteiger partial charge < -0.3 is 10.1 Å². The van der Waals surface area contributed by atoms with Gasteiger partial charge in [-0.1, -0.05) is 34.1 Å². The molecule has 2 aromatic carbocycles. The smallest absolute Gasteiger partial charge is 0.223 e. The van der Waals surface area contributed by atoms with E-state index < -0.39 is 0 Å². The lowest BCUT2D eigenvalue weighted by Crippen LogP contribution is -2.23. The van der Waals surface area contributed by atoms with E-state index in [0.29, 0.717) is 13.0 Å². The number of carbonyl (C=O) groups excluding carboxylic acids is 1. The van der Waals surface area contributed by atoms with Crippen LogP contribution >= 0.6 is 15.9 Å². The number of rotatable bonds is 5. The predicted molar refractivity (Wildman–Crippen MR) is 107 cm³/mol. The van der Waals surface area contributed by atoms with Crippen LogP contribution in [0.25, 0.3) is 0 Å². The molecule has 0 heterocycles. The largest absolute Gasteiger partial charge is 0.486 e. The number of carbonyl (C=O) groups is 1. The van der Waals surface area contributed by atoms with Gasteiger partial charge in [0.15, 0.2) is 0 Å². The van der Waals surface area contributed by atoms with Crippen LogP contribution in [0.2, 0.25) is 0 Å². The fourth-order valence-electron chi connectivity index (χ4n) is 2.19. The SMILES string of the molecule is CN(N)C=O.CNc1cccc(C)c1OCc1cc(C)c(Br)cc1C. The molecule has 0 aromatic heterocycles. The van der Waals surface area contributed by atoms with E-state index in [4.69, 9.17) is 10.6 Å². The van der Waals surface area contributed by atoms with E-state index in [1.165, 1.54) is 23.7 Å². The highest BCUT2D eigenvalue weighted by atomic mass is 79.9. The molecule has 136 valence electrons. The number of hydrazine groups is 1. The maximum atomic E-state index is 9.31. The molecule has 6 heteroatoms. The highest BCUT2D eigenvalue weighted by Crippen LogP contribution is 2.29. The Kier molecular flexibility index (Phi) is 8.45. The summed E-state index contributed by atoms with van der Waals surface area (Å²) in [5.74, 6) is 5.68. The maximum absolute atomic E-state index is 9.31. The minimum atomic E-state index is 0.528. The third kappa shape index (κ3) is 6.40. The molecule has 0 aliphatic heterocycles. The number of aryl methyl sites for hydroxylation is 3. The van der Waals surface area contributed by atoms with Crippen molar-refractivity contribution in [3.8, 4) is 5.75 Å². The van der Waals surface area contributed by atoms with Crippen LogP contribution in [0, 0.1) is 20.8 Å². The van der Waals surface area contributed by atoms with Crippen LogP contribution in [0.5, 0.6) is 5.75 Å². The molecular weight excluding hydrogens is 382 g/mol. The number of ether oxygens (including phenoxy) is 1. The molecule has 0 aliphatic carbocycles. The molecule has 2 aromatic rings. The topological polar surface area (TPSA) is 67.6 Å². The Balaban J connectivity index is 0.000000550. The van der Waals surface area contributed by atoms with Crippen LogP contribution in [-0.2, 0) is 11.4 Å². The standard InChI is InChI=1S/C17H20BrNO.C2H6N2O/c1-11-6-5-7-16(19-4)17(11)20-10-14-8-13(3)15(18)9-12(14)2;1-4(3)2-5/h5-9,19H,10H2,1-4H3;2H,3H2,1H3. The lowest BCUT2D eigenvalue weighted by atomic mass is 10.1. The van der Waals surface area contributed by atoms with Crippen LogP contribution < -0.4 is 15.9 Å². The van der Waals surface area contributed by atoms with Gasteiger partial charge in [-0.25, -0.2) is 5.84 Å². The van der Waals surface area contributed by atoms with Gasteiger partial charge >= 0.3 is 0 Å². The molecule has 0 saturated heterocycles. The third-order valence-electron chi connectivity index (χ3n) is 3.64. The van der Waals surface area contributed by atoms with E-state index in [1.54, 1.807) is 0 Å². The summed E-state index contributed by atoms with van der Waals surface area (Å²) < 4.78 is 7.19. The molecule has 0 unspecified atom stereocenters. The minimum Gasteiger partial charge on any atom is -0.486 e. The van der Waals surface area contributed by atoms with E-state index in [0.717, 1.165) is 26.5 Å². The van der Waals surface area contributed by atoms with Crippen LogP contribution in [0.1, 0.15) is 22.3 Å². The predicted octanol–water partition coefficient (Wildman–Crippen LogP) is 3.94. The molecule has 0 radical (unpaired) electrons. The number of para-hydroxylation sites is 1. The van der Waals surface area contributed by atoms with Gasteiger partial charge in [0.2, 0.25) is 6.41 Å². The zero-order chi connectivity index (χ0) is 19.0. The first kappa shape index (κ1) is 21.0. The number of nitrogens with zero attached hydrogens (tertiary/aromatic N) is 1. The number of nitrogens with one attached hydrogen (secondary N) is 1. The van der Waals surface area contributed by atoms with Gasteiger partial charge in [-0.3, -0.25) is 9.80 Å². The fourth-order valence-corrected chi connectivity index (χ4v) is 2.64. The monoisotopic (exact) mass is 407 g/mol. The number of amides is 1. The molecule has 1 amide bonds. The average molecular weight is 408 g/mol. The molecule has 0 saturated carbocycles. The van der Waals surface area contributed by atoms with Gasteiger partial charge in [0.1, 0.15) is 12.4 Å². The van der Waals surface area contributed by atoms with Crippen LogP contribution in [0.3, 0.4) is 0 Å². The summed E-state index contributed by atoms with van der Waals surface area (Å²) >= 11 is 3.56. The molecule has 0 fully saturated rings. The first-order valence-electron chi connectivity index (χ1n) is 7.88. The number of halogens is 1. The van der Waals surface area contributed by atoms with E-state index in [-0.39, 0.29) is 0 Å². The van der Waals surface area contributed by atoms with E-state index in [1.807, 2.05) is 19.2 Å². The Hall–Kier alpha value is -2.05. The molecule has 0 spiro atoms. The van der Waals surface area contributed by atoms with Crippen molar-refractivity contribution < 1.29 is 9.53 Å². The van der Waals surface area contributed by atoms with Crippen molar-refractivity contribution in [1.29, 1.82) is 0 Å². The van der Waals surface area contributed by atoms with Crippen molar-refractivity contribution in [2.24, 2.45) is 5.84 Å². The van der Waals surface area contributed by atoms with Crippen molar-refractivity contribution in [2.45, 2.75) is 27.4 Å². The van der Waals surface area contributed by atoms with Crippen molar-refractivity contribution in [3.05, 3.63) is 57.1 Å². The number of anilines is 1. The molecule has 3 N–H and O–H groups in total. The van der Waals surface area contributed by atoms with Crippen LogP contribution in [-0.4, -0.2) is 25.5 Å². The third-order valence-corrected chi connectivity index (χ3v) is 4.49. The zero-order valence-electron chi connectivity index (χ0n) is 15.4. The Morgan fingerprint density at radius 1 is 1.20 bits per heavy atom. The Morgan fingerprint density at radius 3 is 2.40 bits per heavy atom. The summed E-state index contributed by atoms with van der Waals surface area (Å²) in [6.07, 6.45) is 0.528. The summed E-state index contributed by atoms with van der Waals surface area (Å²) in [6.45, 7) is 6.86. The second-order valence-electron chi connectivity index (χ2n) is 5.79. The van der Waals surface area contributed by atoms with Crippen LogP contribution in [0.4, 0.5) is 5.69 Å². The van der Waals surface area contributed by atoms with Crippen molar-refractivity contribution in [2.75, 3.05) is 19.4 Å². The van der Waals surface area contributed by atoms with Gasteiger partial charge in [0.05, 0.1) is 5.69 Å². The number of nitrogens with two attached hydrogens (primary N) is 1. The summed E-state index contributed by atoms with van der Waals surface area (Å²) in [6, 6.07) is 10.4. The summed E-state index contributed by atoms with van der Waals surface area (Å²) in [5.41, 5.74) is 5.85.